The number of benzene rings is 2. The van der Waals surface area contributed by atoms with Gasteiger partial charge >= 0.3 is 6.18 Å². The molecule has 1 amide bonds. The molecule has 1 unspecified atom stereocenters. The molecule has 1 N–H and O–H groups in total. The van der Waals surface area contributed by atoms with Crippen LogP contribution in [0.5, 0.6) is 5.75 Å². The van der Waals surface area contributed by atoms with Gasteiger partial charge in [-0.1, -0.05) is 23.4 Å². The molecule has 0 bridgehead atoms. The summed E-state index contributed by atoms with van der Waals surface area (Å²) in [7, 11) is 1.41. The number of methoxy groups -OCH3 is 1. The van der Waals surface area contributed by atoms with Crippen LogP contribution >= 0.6 is 0 Å². The number of rotatable bonds is 5. The van der Waals surface area contributed by atoms with E-state index in [1.807, 2.05) is 0 Å². The highest BCUT2D eigenvalue weighted by Crippen LogP contribution is 2.29. The van der Waals surface area contributed by atoms with Crippen LogP contribution in [-0.2, 0) is 17.5 Å². The first kappa shape index (κ1) is 20.3. The third-order valence-electron chi connectivity index (χ3n) is 4.34. The Hall–Kier alpha value is -3.43. The topological polar surface area (TPSA) is 86.1 Å². The zero-order chi connectivity index (χ0) is 21.2. The number of nitrogens with zero attached hydrogens (tertiary/aromatic N) is 3. The second kappa shape index (κ2) is 7.90. The number of carbonyl (C=O) groups excluding carboxylic acids is 1. The smallest absolute Gasteiger partial charge is 0.416 e. The highest BCUT2D eigenvalue weighted by atomic mass is 19.4. The molecule has 1 heterocycles. The number of nitrogens with one attached hydrogen (secondary N) is 1. The number of alkyl halides is 3. The van der Waals surface area contributed by atoms with Crippen LogP contribution in [0.2, 0.25) is 0 Å². The zero-order valence-corrected chi connectivity index (χ0v) is 15.5. The van der Waals surface area contributed by atoms with E-state index < -0.39 is 35.8 Å². The van der Waals surface area contributed by atoms with Crippen LogP contribution in [0.3, 0.4) is 0 Å². The average Bonchev–Trinajstić information content (AvgIpc) is 2.69. The molecule has 3 aromatic rings. The van der Waals surface area contributed by atoms with Gasteiger partial charge in [-0.05, 0) is 36.8 Å². The number of fused-ring (bicyclic) bond motifs is 1. The highest BCUT2D eigenvalue weighted by Gasteiger charge is 2.30. The molecule has 7 nitrogen and oxygen atoms in total. The summed E-state index contributed by atoms with van der Waals surface area (Å²) in [5.41, 5.74) is -0.481. The monoisotopic (exact) mass is 406 g/mol. The van der Waals surface area contributed by atoms with Gasteiger partial charge in [0, 0.05) is 0 Å². The molecule has 0 radical (unpaired) electrons. The van der Waals surface area contributed by atoms with E-state index in [9.17, 15) is 22.8 Å². The lowest BCUT2D eigenvalue weighted by molar-refractivity contribution is -0.137. The predicted octanol–water partition coefficient (Wildman–Crippen LogP) is 2.70. The SMILES string of the molecule is COc1cccc2nnn(CC(=O)NC(C)c3ccc(C(F)(F)F)cc3)c(=O)c12. The summed E-state index contributed by atoms with van der Waals surface area (Å²) >= 11 is 0. The van der Waals surface area contributed by atoms with E-state index in [0.717, 1.165) is 16.8 Å². The summed E-state index contributed by atoms with van der Waals surface area (Å²) in [6, 6.07) is 8.78. The van der Waals surface area contributed by atoms with E-state index >= 15 is 0 Å². The molecule has 152 valence electrons. The van der Waals surface area contributed by atoms with Crippen molar-refractivity contribution in [1.82, 2.24) is 20.3 Å². The van der Waals surface area contributed by atoms with E-state index in [1.165, 1.54) is 19.2 Å². The van der Waals surface area contributed by atoms with Crippen molar-refractivity contribution >= 4 is 16.8 Å². The summed E-state index contributed by atoms with van der Waals surface area (Å²) in [6.07, 6.45) is -4.43. The van der Waals surface area contributed by atoms with Gasteiger partial charge < -0.3 is 10.1 Å². The Bertz CT molecular complexity index is 1090. The molecule has 0 aliphatic carbocycles. The van der Waals surface area contributed by atoms with Gasteiger partial charge in [-0.3, -0.25) is 9.59 Å². The molecular formula is C19H17F3N4O3. The predicted molar refractivity (Wildman–Crippen MR) is 98.4 cm³/mol. The number of hydrogen-bond acceptors (Lipinski definition) is 5. The van der Waals surface area contributed by atoms with Gasteiger partial charge in [-0.25, -0.2) is 4.68 Å². The highest BCUT2D eigenvalue weighted by molar-refractivity contribution is 5.84. The molecule has 3 rings (SSSR count). The van der Waals surface area contributed by atoms with Crippen molar-refractivity contribution in [2.45, 2.75) is 25.7 Å². The molecule has 0 fully saturated rings. The van der Waals surface area contributed by atoms with E-state index in [2.05, 4.69) is 15.6 Å². The summed E-state index contributed by atoms with van der Waals surface area (Å²) in [4.78, 5) is 24.9. The Balaban J connectivity index is 1.75. The Labute approximate surface area is 163 Å². The van der Waals surface area contributed by atoms with Gasteiger partial charge in [0.2, 0.25) is 5.91 Å². The van der Waals surface area contributed by atoms with Crippen LogP contribution in [0.1, 0.15) is 24.1 Å². The fourth-order valence-electron chi connectivity index (χ4n) is 2.83. The first-order valence-corrected chi connectivity index (χ1v) is 8.57. The Kier molecular flexibility index (Phi) is 5.53. The van der Waals surface area contributed by atoms with Crippen molar-refractivity contribution < 1.29 is 22.7 Å². The van der Waals surface area contributed by atoms with Crippen molar-refractivity contribution in [2.75, 3.05) is 7.11 Å². The zero-order valence-electron chi connectivity index (χ0n) is 15.5. The van der Waals surface area contributed by atoms with Crippen molar-refractivity contribution in [3.63, 3.8) is 0 Å². The maximum absolute atomic E-state index is 12.7. The maximum atomic E-state index is 12.7. The second-order valence-electron chi connectivity index (χ2n) is 6.32. The van der Waals surface area contributed by atoms with Gasteiger partial charge in [0.05, 0.1) is 18.7 Å². The normalized spacial score (nSPS) is 12.6. The second-order valence-corrected chi connectivity index (χ2v) is 6.32. The first-order chi connectivity index (χ1) is 13.7. The molecule has 0 spiro atoms. The lowest BCUT2D eigenvalue weighted by Gasteiger charge is -2.16. The lowest BCUT2D eigenvalue weighted by atomic mass is 10.1. The number of carbonyl (C=O) groups is 1. The molecule has 0 aliphatic heterocycles. The molecule has 0 aliphatic rings. The standard InChI is InChI=1S/C19H17F3N4O3/c1-11(12-6-8-13(9-7-12)19(20,21)22)23-16(27)10-26-18(28)17-14(24-25-26)4-3-5-15(17)29-2/h3-9,11H,10H2,1-2H3,(H,23,27). The van der Waals surface area contributed by atoms with Crippen LogP contribution in [0, 0.1) is 0 Å². The van der Waals surface area contributed by atoms with Crippen molar-refractivity contribution in [3.05, 3.63) is 63.9 Å². The van der Waals surface area contributed by atoms with Gasteiger partial charge in [0.15, 0.2) is 0 Å². The van der Waals surface area contributed by atoms with E-state index in [4.69, 9.17) is 4.74 Å². The number of hydrogen-bond donors (Lipinski definition) is 1. The van der Waals surface area contributed by atoms with Crippen molar-refractivity contribution in [3.8, 4) is 5.75 Å². The number of ether oxygens (including phenoxy) is 1. The van der Waals surface area contributed by atoms with Gasteiger partial charge in [-0.2, -0.15) is 13.2 Å². The van der Waals surface area contributed by atoms with Crippen LogP contribution in [0.15, 0.2) is 47.3 Å². The molecular weight excluding hydrogens is 389 g/mol. The van der Waals surface area contributed by atoms with Crippen molar-refractivity contribution in [1.29, 1.82) is 0 Å². The summed E-state index contributed by atoms with van der Waals surface area (Å²) in [5.74, 6) is -0.224. The fraction of sp³-hybridized carbons (Fsp3) is 0.263. The van der Waals surface area contributed by atoms with Gasteiger partial charge in [0.1, 0.15) is 23.2 Å². The number of aromatic nitrogens is 3. The summed E-state index contributed by atoms with van der Waals surface area (Å²) in [5, 5.41) is 10.5. The molecule has 0 saturated carbocycles. The van der Waals surface area contributed by atoms with Gasteiger partial charge in [-0.15, -0.1) is 5.10 Å². The molecule has 1 atom stereocenters. The minimum Gasteiger partial charge on any atom is -0.496 e. The third kappa shape index (κ3) is 4.36. The Morgan fingerprint density at radius 2 is 1.90 bits per heavy atom. The maximum Gasteiger partial charge on any atom is 0.416 e. The minimum absolute atomic E-state index is 0.202. The number of amides is 1. The summed E-state index contributed by atoms with van der Waals surface area (Å²) in [6.45, 7) is 1.23. The fourth-order valence-corrected chi connectivity index (χ4v) is 2.83. The van der Waals surface area contributed by atoms with Crippen LogP contribution in [0.25, 0.3) is 10.9 Å². The van der Waals surface area contributed by atoms with Crippen LogP contribution in [-0.4, -0.2) is 28.0 Å². The lowest BCUT2D eigenvalue weighted by Crippen LogP contribution is -2.35. The minimum atomic E-state index is -4.43. The summed E-state index contributed by atoms with van der Waals surface area (Å²) < 4.78 is 44.0. The third-order valence-corrected chi connectivity index (χ3v) is 4.34. The van der Waals surface area contributed by atoms with Crippen molar-refractivity contribution in [2.24, 2.45) is 0 Å². The van der Waals surface area contributed by atoms with E-state index in [1.54, 1.807) is 25.1 Å². The molecule has 0 saturated heterocycles. The van der Waals surface area contributed by atoms with Crippen LogP contribution in [0.4, 0.5) is 13.2 Å². The average molecular weight is 406 g/mol. The molecule has 29 heavy (non-hydrogen) atoms. The Morgan fingerprint density at radius 1 is 1.21 bits per heavy atom. The Morgan fingerprint density at radius 3 is 2.52 bits per heavy atom. The molecule has 10 heteroatoms. The number of halogens is 3. The quantitative estimate of drug-likeness (QED) is 0.704. The molecule has 1 aromatic heterocycles. The van der Waals surface area contributed by atoms with Gasteiger partial charge in [0.25, 0.3) is 5.56 Å². The largest absolute Gasteiger partial charge is 0.496 e. The first-order valence-electron chi connectivity index (χ1n) is 8.57. The molecule has 2 aromatic carbocycles. The van der Waals surface area contributed by atoms with E-state index in [0.29, 0.717) is 16.8 Å². The van der Waals surface area contributed by atoms with E-state index in [-0.39, 0.29) is 5.39 Å². The van der Waals surface area contributed by atoms with Crippen LogP contribution < -0.4 is 15.6 Å².